The fraction of sp³-hybridized carbons (Fsp3) is 0.111. The zero-order chi connectivity index (χ0) is 12.3. The van der Waals surface area contributed by atoms with Crippen LogP contribution in [0, 0.1) is 5.82 Å². The van der Waals surface area contributed by atoms with Crippen molar-refractivity contribution in [3.63, 3.8) is 0 Å². The number of tetrazole rings is 1. The van der Waals surface area contributed by atoms with Crippen molar-refractivity contribution >= 4 is 23.2 Å². The van der Waals surface area contributed by atoms with Crippen molar-refractivity contribution < 1.29 is 9.18 Å². The van der Waals surface area contributed by atoms with Gasteiger partial charge in [0.1, 0.15) is 5.82 Å². The van der Waals surface area contributed by atoms with Crippen LogP contribution in [0.5, 0.6) is 0 Å². The van der Waals surface area contributed by atoms with Crippen LogP contribution in [0.15, 0.2) is 18.2 Å². The standard InChI is InChI=1S/C9H7ClFN5O/c10-6-3-5(1-2-7(6)11)12-9(17)4-8-13-15-16-14-8/h1-3H,4H2,(H,12,17)(H,13,14,15,16). The van der Waals surface area contributed by atoms with Gasteiger partial charge in [-0.25, -0.2) is 4.39 Å². The molecule has 2 aromatic rings. The molecule has 0 saturated carbocycles. The highest BCUT2D eigenvalue weighted by Gasteiger charge is 2.08. The average Bonchev–Trinajstić information content (AvgIpc) is 2.76. The topological polar surface area (TPSA) is 83.6 Å². The molecule has 0 fully saturated rings. The van der Waals surface area contributed by atoms with Gasteiger partial charge in [0.2, 0.25) is 5.91 Å². The Bertz CT molecular complexity index is 530. The van der Waals surface area contributed by atoms with Gasteiger partial charge in [0.25, 0.3) is 0 Å². The lowest BCUT2D eigenvalue weighted by atomic mass is 10.3. The van der Waals surface area contributed by atoms with Crippen molar-refractivity contribution in [1.82, 2.24) is 20.6 Å². The summed E-state index contributed by atoms with van der Waals surface area (Å²) in [6.07, 6.45) is -0.0223. The third kappa shape index (κ3) is 2.97. The molecule has 0 atom stereocenters. The Morgan fingerprint density at radius 1 is 1.53 bits per heavy atom. The van der Waals surface area contributed by atoms with Gasteiger partial charge in [0.05, 0.1) is 11.4 Å². The van der Waals surface area contributed by atoms with Gasteiger partial charge >= 0.3 is 0 Å². The van der Waals surface area contributed by atoms with E-state index in [1.165, 1.54) is 18.2 Å². The molecule has 8 heteroatoms. The van der Waals surface area contributed by atoms with E-state index in [0.717, 1.165) is 0 Å². The normalized spacial score (nSPS) is 10.2. The van der Waals surface area contributed by atoms with Crippen LogP contribution in [0.4, 0.5) is 10.1 Å². The molecule has 1 aromatic heterocycles. The third-order valence-corrected chi connectivity index (χ3v) is 2.20. The highest BCUT2D eigenvalue weighted by Crippen LogP contribution is 2.19. The Hall–Kier alpha value is -2.02. The highest BCUT2D eigenvalue weighted by atomic mass is 35.5. The molecule has 1 heterocycles. The Morgan fingerprint density at radius 2 is 2.35 bits per heavy atom. The molecule has 0 aliphatic heterocycles. The summed E-state index contributed by atoms with van der Waals surface area (Å²) in [5.41, 5.74) is 0.407. The lowest BCUT2D eigenvalue weighted by molar-refractivity contribution is -0.115. The number of nitrogens with zero attached hydrogens (tertiary/aromatic N) is 3. The van der Waals surface area contributed by atoms with Crippen molar-refractivity contribution in [1.29, 1.82) is 0 Å². The highest BCUT2D eigenvalue weighted by molar-refractivity contribution is 6.31. The smallest absolute Gasteiger partial charge is 0.232 e. The summed E-state index contributed by atoms with van der Waals surface area (Å²) < 4.78 is 12.9. The maximum atomic E-state index is 12.9. The van der Waals surface area contributed by atoms with Crippen LogP contribution in [-0.4, -0.2) is 26.5 Å². The molecule has 2 rings (SSSR count). The molecule has 0 aliphatic rings. The second kappa shape index (κ2) is 4.88. The average molecular weight is 256 g/mol. The van der Waals surface area contributed by atoms with Crippen LogP contribution in [-0.2, 0) is 11.2 Å². The quantitative estimate of drug-likeness (QED) is 0.862. The molecule has 17 heavy (non-hydrogen) atoms. The fourth-order valence-electron chi connectivity index (χ4n) is 1.18. The summed E-state index contributed by atoms with van der Waals surface area (Å²) in [5, 5.41) is 15.3. The number of anilines is 1. The molecule has 0 aliphatic carbocycles. The number of aromatic amines is 1. The first-order valence-corrected chi connectivity index (χ1v) is 5.00. The van der Waals surface area contributed by atoms with Crippen LogP contribution >= 0.6 is 11.6 Å². The number of halogens is 2. The van der Waals surface area contributed by atoms with Gasteiger partial charge in [0, 0.05) is 5.69 Å². The van der Waals surface area contributed by atoms with Crippen LogP contribution in [0.1, 0.15) is 5.82 Å². The lowest BCUT2D eigenvalue weighted by Crippen LogP contribution is -2.15. The SMILES string of the molecule is O=C(Cc1nn[nH]n1)Nc1ccc(F)c(Cl)c1. The van der Waals surface area contributed by atoms with Crippen molar-refractivity contribution in [3.05, 3.63) is 34.9 Å². The first-order valence-electron chi connectivity index (χ1n) is 4.62. The number of benzene rings is 1. The van der Waals surface area contributed by atoms with Crippen LogP contribution < -0.4 is 5.32 Å². The lowest BCUT2D eigenvalue weighted by Gasteiger charge is -2.04. The first kappa shape index (κ1) is 11.5. The molecule has 2 N–H and O–H groups in total. The van der Waals surface area contributed by atoms with Gasteiger partial charge in [-0.1, -0.05) is 16.8 Å². The second-order valence-corrected chi connectivity index (χ2v) is 3.59. The van der Waals surface area contributed by atoms with Crippen molar-refractivity contribution in [2.45, 2.75) is 6.42 Å². The summed E-state index contributed by atoms with van der Waals surface area (Å²) >= 11 is 5.57. The van der Waals surface area contributed by atoms with E-state index < -0.39 is 5.82 Å². The Morgan fingerprint density at radius 3 is 3.00 bits per heavy atom. The second-order valence-electron chi connectivity index (χ2n) is 3.18. The minimum Gasteiger partial charge on any atom is -0.326 e. The fourth-order valence-corrected chi connectivity index (χ4v) is 1.36. The molecule has 88 valence electrons. The summed E-state index contributed by atoms with van der Waals surface area (Å²) in [6, 6.07) is 3.91. The monoisotopic (exact) mass is 255 g/mol. The van der Waals surface area contributed by atoms with Gasteiger partial charge in [-0.2, -0.15) is 5.21 Å². The molecule has 1 aromatic carbocycles. The molecule has 0 bridgehead atoms. The van der Waals surface area contributed by atoms with Gasteiger partial charge in [-0.3, -0.25) is 4.79 Å². The number of H-pyrrole nitrogens is 1. The Balaban J connectivity index is 2.00. The van der Waals surface area contributed by atoms with Crippen LogP contribution in [0.2, 0.25) is 5.02 Å². The Labute approximate surface area is 100 Å². The third-order valence-electron chi connectivity index (χ3n) is 1.91. The van der Waals surface area contributed by atoms with E-state index in [-0.39, 0.29) is 23.2 Å². The predicted molar refractivity (Wildman–Crippen MR) is 57.9 cm³/mol. The number of hydrogen-bond acceptors (Lipinski definition) is 4. The minimum atomic E-state index is -0.539. The number of rotatable bonds is 3. The van der Waals surface area contributed by atoms with E-state index in [0.29, 0.717) is 5.69 Å². The van der Waals surface area contributed by atoms with E-state index in [9.17, 15) is 9.18 Å². The molecule has 1 amide bonds. The molecule has 0 spiro atoms. The van der Waals surface area contributed by atoms with Gasteiger partial charge in [0.15, 0.2) is 5.82 Å². The van der Waals surface area contributed by atoms with Gasteiger partial charge in [-0.05, 0) is 18.2 Å². The predicted octanol–water partition coefficient (Wildman–Crippen LogP) is 1.17. The summed E-state index contributed by atoms with van der Waals surface area (Å²) in [5.74, 6) is -0.604. The number of nitrogens with one attached hydrogen (secondary N) is 2. The zero-order valence-electron chi connectivity index (χ0n) is 8.44. The maximum Gasteiger partial charge on any atom is 0.232 e. The maximum absolute atomic E-state index is 12.9. The summed E-state index contributed by atoms with van der Waals surface area (Å²) in [4.78, 5) is 11.5. The molecule has 0 radical (unpaired) electrons. The van der Waals surface area contributed by atoms with E-state index in [1.54, 1.807) is 0 Å². The van der Waals surface area contributed by atoms with Gasteiger partial charge < -0.3 is 5.32 Å². The molecule has 0 saturated heterocycles. The van der Waals surface area contributed by atoms with E-state index in [1.807, 2.05) is 0 Å². The molecule has 0 unspecified atom stereocenters. The van der Waals surface area contributed by atoms with Crippen LogP contribution in [0.3, 0.4) is 0 Å². The largest absolute Gasteiger partial charge is 0.326 e. The first-order chi connectivity index (χ1) is 8.15. The molecular formula is C9H7ClFN5O. The number of aromatic nitrogens is 4. The van der Waals surface area contributed by atoms with Crippen LogP contribution in [0.25, 0.3) is 0 Å². The number of hydrogen-bond donors (Lipinski definition) is 2. The van der Waals surface area contributed by atoms with Crippen molar-refractivity contribution in [2.24, 2.45) is 0 Å². The Kier molecular flexibility index (Phi) is 3.29. The van der Waals surface area contributed by atoms with E-state index >= 15 is 0 Å². The summed E-state index contributed by atoms with van der Waals surface area (Å²) in [7, 11) is 0. The minimum absolute atomic E-state index is 0.0223. The number of amides is 1. The number of carbonyl (C=O) groups is 1. The van der Waals surface area contributed by atoms with E-state index in [2.05, 4.69) is 25.9 Å². The van der Waals surface area contributed by atoms with E-state index in [4.69, 9.17) is 11.6 Å². The molecule has 6 nitrogen and oxygen atoms in total. The van der Waals surface area contributed by atoms with Crippen molar-refractivity contribution in [2.75, 3.05) is 5.32 Å². The van der Waals surface area contributed by atoms with Gasteiger partial charge in [-0.15, -0.1) is 10.2 Å². The van der Waals surface area contributed by atoms with Crippen molar-refractivity contribution in [3.8, 4) is 0 Å². The summed E-state index contributed by atoms with van der Waals surface area (Å²) in [6.45, 7) is 0. The zero-order valence-corrected chi connectivity index (χ0v) is 9.20. The molecular weight excluding hydrogens is 249 g/mol. The number of carbonyl (C=O) groups excluding carboxylic acids is 1.